The number of carbonyl (C=O) groups excluding carboxylic acids is 4. The van der Waals surface area contributed by atoms with E-state index in [9.17, 15) is 19.2 Å². The molecule has 0 aliphatic carbocycles. The lowest BCUT2D eigenvalue weighted by Crippen LogP contribution is -2.42. The van der Waals surface area contributed by atoms with Gasteiger partial charge in [0.15, 0.2) is 0 Å². The van der Waals surface area contributed by atoms with Crippen LogP contribution in [0.4, 0.5) is 16.2 Å². The van der Waals surface area contributed by atoms with Gasteiger partial charge in [-0.05, 0) is 49.9 Å². The second kappa shape index (κ2) is 11.8. The Labute approximate surface area is 193 Å². The number of nitrogens with zero attached hydrogens (tertiary/aromatic N) is 1. The molecular formula is C24H31N5O4. The van der Waals surface area contributed by atoms with Crippen molar-refractivity contribution in [2.45, 2.75) is 34.1 Å². The molecule has 2 rings (SSSR count). The minimum Gasteiger partial charge on any atom is -0.351 e. The number of amides is 5. The maximum atomic E-state index is 12.7. The molecule has 5 N–H and O–H groups in total. The van der Waals surface area contributed by atoms with Crippen LogP contribution in [0.25, 0.3) is 0 Å². The first-order valence-electron chi connectivity index (χ1n) is 10.6. The average molecular weight is 454 g/mol. The van der Waals surface area contributed by atoms with E-state index < -0.39 is 11.9 Å². The van der Waals surface area contributed by atoms with Crippen LogP contribution in [-0.2, 0) is 14.4 Å². The summed E-state index contributed by atoms with van der Waals surface area (Å²) in [7, 11) is 0. The number of hydrogen-bond donors (Lipinski definition) is 4. The summed E-state index contributed by atoms with van der Waals surface area (Å²) in [6.07, 6.45) is -0.101. The number of benzene rings is 2. The summed E-state index contributed by atoms with van der Waals surface area (Å²) in [5, 5.41) is 7.75. The van der Waals surface area contributed by atoms with E-state index in [2.05, 4.69) is 10.6 Å². The fourth-order valence-electron chi connectivity index (χ4n) is 3.46. The molecule has 33 heavy (non-hydrogen) atoms. The smallest absolute Gasteiger partial charge is 0.318 e. The van der Waals surface area contributed by atoms with Crippen molar-refractivity contribution in [1.29, 1.82) is 0 Å². The molecule has 0 aliphatic rings. The topological polar surface area (TPSA) is 134 Å². The lowest BCUT2D eigenvalue weighted by atomic mass is 10.1. The molecule has 0 aromatic heterocycles. The monoisotopic (exact) mass is 453 g/mol. The lowest BCUT2D eigenvalue weighted by molar-refractivity contribution is -0.123. The zero-order valence-electron chi connectivity index (χ0n) is 19.5. The number of rotatable bonds is 9. The highest BCUT2D eigenvalue weighted by atomic mass is 16.2. The lowest BCUT2D eigenvalue weighted by Gasteiger charge is -2.22. The minimum atomic E-state index is -0.952. The van der Waals surface area contributed by atoms with Gasteiger partial charge in [0.05, 0.1) is 13.1 Å². The van der Waals surface area contributed by atoms with Gasteiger partial charge >= 0.3 is 6.03 Å². The molecule has 0 saturated carbocycles. The van der Waals surface area contributed by atoms with Crippen LogP contribution in [0.15, 0.2) is 36.4 Å². The minimum absolute atomic E-state index is 0.0828. The van der Waals surface area contributed by atoms with Crippen molar-refractivity contribution in [3.05, 3.63) is 58.7 Å². The number of primary amides is 1. The summed E-state index contributed by atoms with van der Waals surface area (Å²) in [4.78, 5) is 49.8. The number of carbonyl (C=O) groups is 4. The Hall–Kier alpha value is -3.72. The molecule has 0 heterocycles. The van der Waals surface area contributed by atoms with Gasteiger partial charge in [-0.2, -0.15) is 0 Å². The molecule has 0 bridgehead atoms. The Morgan fingerprint density at radius 3 is 1.48 bits per heavy atom. The Bertz CT molecular complexity index is 943. The van der Waals surface area contributed by atoms with Gasteiger partial charge in [0.25, 0.3) is 0 Å². The molecular weight excluding hydrogens is 422 g/mol. The second-order valence-corrected chi connectivity index (χ2v) is 8.00. The largest absolute Gasteiger partial charge is 0.351 e. The number of nitrogens with two attached hydrogens (primary N) is 1. The Kier molecular flexibility index (Phi) is 9.11. The number of urea groups is 1. The normalized spacial score (nSPS) is 10.6. The maximum absolute atomic E-state index is 12.7. The molecule has 2 aromatic rings. The SMILES string of the molecule is Cc1cccc(C)c1NC(=O)CN(CCC(=O)NC(N)=O)CC(=O)Nc1c(C)cccc1C. The van der Waals surface area contributed by atoms with Gasteiger partial charge in [-0.25, -0.2) is 4.79 Å². The number of aryl methyl sites for hydroxylation is 4. The predicted octanol–water partition coefficient (Wildman–Crippen LogP) is 2.38. The summed E-state index contributed by atoms with van der Waals surface area (Å²) in [5.74, 6) is -1.22. The number of anilines is 2. The highest BCUT2D eigenvalue weighted by Gasteiger charge is 2.18. The van der Waals surface area contributed by atoms with Gasteiger partial charge < -0.3 is 16.4 Å². The van der Waals surface area contributed by atoms with Crippen LogP contribution in [0.1, 0.15) is 28.7 Å². The van der Waals surface area contributed by atoms with Gasteiger partial charge in [0.2, 0.25) is 17.7 Å². The number of imide groups is 1. The van der Waals surface area contributed by atoms with E-state index >= 15 is 0 Å². The van der Waals surface area contributed by atoms with Crippen LogP contribution in [0, 0.1) is 27.7 Å². The van der Waals surface area contributed by atoms with Gasteiger partial charge in [-0.3, -0.25) is 24.6 Å². The Morgan fingerprint density at radius 1 is 0.727 bits per heavy atom. The van der Waals surface area contributed by atoms with Gasteiger partial charge in [0, 0.05) is 24.3 Å². The number of nitrogens with one attached hydrogen (secondary N) is 3. The van der Waals surface area contributed by atoms with Crippen LogP contribution < -0.4 is 21.7 Å². The van der Waals surface area contributed by atoms with Crippen LogP contribution in [0.3, 0.4) is 0 Å². The van der Waals surface area contributed by atoms with E-state index in [1.54, 1.807) is 4.90 Å². The zero-order chi connectivity index (χ0) is 24.5. The molecule has 0 spiro atoms. The van der Waals surface area contributed by atoms with Crippen LogP contribution >= 0.6 is 0 Å². The summed E-state index contributed by atoms with van der Waals surface area (Å²) >= 11 is 0. The fraction of sp³-hybridized carbons (Fsp3) is 0.333. The Morgan fingerprint density at radius 2 is 1.12 bits per heavy atom. The third-order valence-electron chi connectivity index (χ3n) is 5.14. The number of para-hydroxylation sites is 2. The molecule has 0 atom stereocenters. The van der Waals surface area contributed by atoms with Crippen molar-refractivity contribution in [3.63, 3.8) is 0 Å². The van der Waals surface area contributed by atoms with Crippen LogP contribution in [0.5, 0.6) is 0 Å². The van der Waals surface area contributed by atoms with Crippen molar-refractivity contribution in [2.75, 3.05) is 30.3 Å². The van der Waals surface area contributed by atoms with Crippen molar-refractivity contribution in [1.82, 2.24) is 10.2 Å². The van der Waals surface area contributed by atoms with Gasteiger partial charge in [-0.15, -0.1) is 0 Å². The quantitative estimate of drug-likeness (QED) is 0.463. The van der Waals surface area contributed by atoms with E-state index in [1.165, 1.54) is 0 Å². The van der Waals surface area contributed by atoms with Crippen LogP contribution in [0.2, 0.25) is 0 Å². The molecule has 0 radical (unpaired) electrons. The molecule has 0 saturated heterocycles. The standard InChI is InChI=1S/C24H31N5O4/c1-15-7-5-8-16(2)22(15)26-20(31)13-29(12-11-19(30)28-24(25)33)14-21(32)27-23-17(3)9-6-10-18(23)4/h5-10H,11-14H2,1-4H3,(H,26,31)(H,27,32)(H3,25,28,30,33). The molecule has 5 amide bonds. The summed E-state index contributed by atoms with van der Waals surface area (Å²) in [5.41, 5.74) is 10.1. The highest BCUT2D eigenvalue weighted by Crippen LogP contribution is 2.20. The summed E-state index contributed by atoms with van der Waals surface area (Å²) in [6, 6.07) is 10.4. The third-order valence-corrected chi connectivity index (χ3v) is 5.14. The molecule has 176 valence electrons. The summed E-state index contributed by atoms with van der Waals surface area (Å²) < 4.78 is 0. The van der Waals surface area contributed by atoms with Crippen molar-refractivity contribution >= 4 is 35.1 Å². The summed E-state index contributed by atoms with van der Waals surface area (Å²) in [6.45, 7) is 7.44. The highest BCUT2D eigenvalue weighted by molar-refractivity contribution is 5.96. The van der Waals surface area contributed by atoms with E-state index in [0.717, 1.165) is 22.3 Å². The molecule has 0 aliphatic heterocycles. The molecule has 9 heteroatoms. The van der Waals surface area contributed by atoms with E-state index in [0.29, 0.717) is 11.4 Å². The van der Waals surface area contributed by atoms with E-state index in [4.69, 9.17) is 5.73 Å². The average Bonchev–Trinajstić information content (AvgIpc) is 2.71. The first-order valence-corrected chi connectivity index (χ1v) is 10.6. The number of hydrogen-bond acceptors (Lipinski definition) is 5. The Balaban J connectivity index is 2.09. The predicted molar refractivity (Wildman–Crippen MR) is 128 cm³/mol. The molecule has 0 unspecified atom stereocenters. The molecule has 9 nitrogen and oxygen atoms in total. The maximum Gasteiger partial charge on any atom is 0.318 e. The van der Waals surface area contributed by atoms with Gasteiger partial charge in [0.1, 0.15) is 0 Å². The second-order valence-electron chi connectivity index (χ2n) is 8.00. The van der Waals surface area contributed by atoms with Crippen molar-refractivity contribution < 1.29 is 19.2 Å². The van der Waals surface area contributed by atoms with Crippen LogP contribution in [-0.4, -0.2) is 48.3 Å². The van der Waals surface area contributed by atoms with E-state index in [-0.39, 0.29) is 37.9 Å². The molecule has 2 aromatic carbocycles. The fourth-order valence-corrected chi connectivity index (χ4v) is 3.46. The zero-order valence-corrected chi connectivity index (χ0v) is 19.5. The molecule has 0 fully saturated rings. The van der Waals surface area contributed by atoms with Crippen molar-refractivity contribution in [3.8, 4) is 0 Å². The van der Waals surface area contributed by atoms with Gasteiger partial charge in [-0.1, -0.05) is 36.4 Å². The third kappa shape index (κ3) is 8.04. The first kappa shape index (κ1) is 25.5. The first-order chi connectivity index (χ1) is 15.6. The van der Waals surface area contributed by atoms with Crippen molar-refractivity contribution in [2.24, 2.45) is 5.73 Å². The van der Waals surface area contributed by atoms with E-state index in [1.807, 2.05) is 69.4 Å².